The third kappa shape index (κ3) is 4.36. The first-order valence-corrected chi connectivity index (χ1v) is 6.11. The van der Waals surface area contributed by atoms with Crippen molar-refractivity contribution in [3.05, 3.63) is 28.2 Å². The van der Waals surface area contributed by atoms with Crippen molar-refractivity contribution in [2.45, 2.75) is 32.4 Å². The fourth-order valence-corrected chi connectivity index (χ4v) is 1.94. The molecule has 0 spiro atoms. The number of hydrogen-bond donors (Lipinski definition) is 3. The molecule has 1 aromatic rings. The van der Waals surface area contributed by atoms with E-state index in [2.05, 4.69) is 21.2 Å². The van der Waals surface area contributed by atoms with E-state index in [1.165, 1.54) is 0 Å². The fraction of sp³-hybridized carbons (Fsp3) is 0.417. The van der Waals surface area contributed by atoms with Gasteiger partial charge >= 0.3 is 0 Å². The van der Waals surface area contributed by atoms with Gasteiger partial charge in [0.1, 0.15) is 5.75 Å². The number of nitrogens with one attached hydrogen (secondary N) is 1. The van der Waals surface area contributed by atoms with Crippen LogP contribution in [0.15, 0.2) is 22.7 Å². The smallest absolute Gasteiger partial charge is 0.219 e. The normalized spacial score (nSPS) is 11.5. The van der Waals surface area contributed by atoms with Gasteiger partial charge in [-0.2, -0.15) is 0 Å². The zero-order valence-electron chi connectivity index (χ0n) is 9.96. The molecule has 1 aromatic carbocycles. The summed E-state index contributed by atoms with van der Waals surface area (Å²) in [6, 6.07) is 5.45. The first-order valence-electron chi connectivity index (χ1n) is 5.31. The van der Waals surface area contributed by atoms with Gasteiger partial charge in [0.25, 0.3) is 0 Å². The third-order valence-corrected chi connectivity index (χ3v) is 3.08. The zero-order chi connectivity index (χ0) is 13.1. The maximum absolute atomic E-state index is 10.9. The second-order valence-electron chi connectivity index (χ2n) is 4.63. The Balaban J connectivity index is 2.67. The monoisotopic (exact) mass is 300 g/mol. The van der Waals surface area contributed by atoms with Crippen LogP contribution in [-0.2, 0) is 11.3 Å². The standard InChI is InChI=1S/C12H17BrN2O2/c1-12(2,6-10(14)16)15-7-8-4-3-5-9(13)11(8)17/h3-5,15,17H,6-7H2,1-2H3,(H2,14,16). The Bertz CT molecular complexity index is 419. The predicted molar refractivity (Wildman–Crippen MR) is 70.5 cm³/mol. The minimum Gasteiger partial charge on any atom is -0.506 e. The molecule has 0 bridgehead atoms. The highest BCUT2D eigenvalue weighted by Gasteiger charge is 2.20. The van der Waals surface area contributed by atoms with Gasteiger partial charge in [0.15, 0.2) is 0 Å². The van der Waals surface area contributed by atoms with Crippen LogP contribution in [0.1, 0.15) is 25.8 Å². The lowest BCUT2D eigenvalue weighted by Gasteiger charge is -2.25. The Morgan fingerprint density at radius 2 is 2.18 bits per heavy atom. The highest BCUT2D eigenvalue weighted by atomic mass is 79.9. The van der Waals surface area contributed by atoms with Gasteiger partial charge in [0.05, 0.1) is 4.47 Å². The number of benzene rings is 1. The number of amides is 1. The highest BCUT2D eigenvalue weighted by molar-refractivity contribution is 9.10. The van der Waals surface area contributed by atoms with Crippen LogP contribution >= 0.6 is 15.9 Å². The largest absolute Gasteiger partial charge is 0.506 e. The van der Waals surface area contributed by atoms with E-state index in [-0.39, 0.29) is 23.6 Å². The lowest BCUT2D eigenvalue weighted by atomic mass is 10.00. The molecule has 0 unspecified atom stereocenters. The van der Waals surface area contributed by atoms with Gasteiger partial charge in [-0.25, -0.2) is 0 Å². The Morgan fingerprint density at radius 3 is 2.76 bits per heavy atom. The van der Waals surface area contributed by atoms with E-state index in [1.54, 1.807) is 6.07 Å². The Kier molecular flexibility index (Phi) is 4.54. The SMILES string of the molecule is CC(C)(CC(N)=O)NCc1cccc(Br)c1O. The molecule has 0 aliphatic heterocycles. The van der Waals surface area contributed by atoms with E-state index < -0.39 is 0 Å². The van der Waals surface area contributed by atoms with E-state index in [1.807, 2.05) is 26.0 Å². The maximum atomic E-state index is 10.9. The van der Waals surface area contributed by atoms with Crippen molar-refractivity contribution in [1.29, 1.82) is 0 Å². The predicted octanol–water partition coefficient (Wildman–Crippen LogP) is 1.90. The summed E-state index contributed by atoms with van der Waals surface area (Å²) in [5.74, 6) is -0.129. The van der Waals surface area contributed by atoms with Crippen molar-refractivity contribution in [2.75, 3.05) is 0 Å². The number of hydrogen-bond acceptors (Lipinski definition) is 3. The Labute approximate surface area is 109 Å². The summed E-state index contributed by atoms with van der Waals surface area (Å²) in [6.07, 6.45) is 0.252. The molecule has 1 amide bonds. The quantitative estimate of drug-likeness (QED) is 0.777. The molecule has 0 heterocycles. The molecule has 4 N–H and O–H groups in total. The van der Waals surface area contributed by atoms with E-state index >= 15 is 0 Å². The number of aromatic hydroxyl groups is 1. The second kappa shape index (κ2) is 5.51. The molecule has 0 fully saturated rings. The fourth-order valence-electron chi connectivity index (χ4n) is 1.54. The van der Waals surface area contributed by atoms with Gasteiger partial charge in [-0.3, -0.25) is 4.79 Å². The number of halogens is 1. The van der Waals surface area contributed by atoms with Crippen molar-refractivity contribution in [3.63, 3.8) is 0 Å². The van der Waals surface area contributed by atoms with Crippen molar-refractivity contribution < 1.29 is 9.90 Å². The third-order valence-electron chi connectivity index (χ3n) is 2.44. The lowest BCUT2D eigenvalue weighted by molar-refractivity contribution is -0.119. The van der Waals surface area contributed by atoms with Crippen LogP contribution < -0.4 is 11.1 Å². The van der Waals surface area contributed by atoms with Gasteiger partial charge < -0.3 is 16.2 Å². The topological polar surface area (TPSA) is 75.4 Å². The molecule has 0 atom stereocenters. The van der Waals surface area contributed by atoms with Crippen molar-refractivity contribution in [1.82, 2.24) is 5.32 Å². The first-order chi connectivity index (χ1) is 7.82. The van der Waals surface area contributed by atoms with E-state index in [0.29, 0.717) is 11.0 Å². The molecule has 4 nitrogen and oxygen atoms in total. The maximum Gasteiger partial charge on any atom is 0.219 e. The van der Waals surface area contributed by atoms with E-state index in [4.69, 9.17) is 5.73 Å². The van der Waals surface area contributed by atoms with Gasteiger partial charge in [-0.05, 0) is 35.8 Å². The van der Waals surface area contributed by atoms with Crippen molar-refractivity contribution in [3.8, 4) is 5.75 Å². The molecule has 0 saturated heterocycles. The summed E-state index contributed by atoms with van der Waals surface area (Å²) < 4.78 is 0.657. The molecule has 1 rings (SSSR count). The van der Waals surface area contributed by atoms with Crippen molar-refractivity contribution in [2.24, 2.45) is 5.73 Å². The van der Waals surface area contributed by atoms with Crippen LogP contribution in [0.3, 0.4) is 0 Å². The summed E-state index contributed by atoms with van der Waals surface area (Å²) in [5, 5.41) is 13.0. The lowest BCUT2D eigenvalue weighted by Crippen LogP contribution is -2.42. The van der Waals surface area contributed by atoms with Crippen molar-refractivity contribution >= 4 is 21.8 Å². The number of para-hydroxylation sites is 1. The molecule has 0 radical (unpaired) electrons. The Morgan fingerprint density at radius 1 is 1.53 bits per heavy atom. The molecule has 0 aliphatic rings. The molecule has 5 heteroatoms. The van der Waals surface area contributed by atoms with Crippen LogP contribution in [0, 0.1) is 0 Å². The number of carbonyl (C=O) groups is 1. The average molecular weight is 301 g/mol. The van der Waals surface area contributed by atoms with E-state index in [0.717, 1.165) is 5.56 Å². The second-order valence-corrected chi connectivity index (χ2v) is 5.48. The molecule has 0 aliphatic carbocycles. The van der Waals surface area contributed by atoms with E-state index in [9.17, 15) is 9.90 Å². The number of nitrogens with two attached hydrogens (primary N) is 1. The van der Waals surface area contributed by atoms with Crippen LogP contribution in [0.5, 0.6) is 5.75 Å². The number of rotatable bonds is 5. The van der Waals surface area contributed by atoms with Crippen LogP contribution in [-0.4, -0.2) is 16.6 Å². The summed E-state index contributed by atoms with van der Waals surface area (Å²) in [7, 11) is 0. The highest BCUT2D eigenvalue weighted by Crippen LogP contribution is 2.27. The van der Waals surface area contributed by atoms with Crippen LogP contribution in [0.2, 0.25) is 0 Å². The molecule has 0 aromatic heterocycles. The molecular weight excluding hydrogens is 284 g/mol. The summed E-state index contributed by atoms with van der Waals surface area (Å²) in [4.78, 5) is 10.9. The molecule has 17 heavy (non-hydrogen) atoms. The Hall–Kier alpha value is -1.07. The molecular formula is C12H17BrN2O2. The van der Waals surface area contributed by atoms with Gasteiger partial charge in [0.2, 0.25) is 5.91 Å². The average Bonchev–Trinajstić information content (AvgIpc) is 2.18. The number of primary amides is 1. The summed E-state index contributed by atoms with van der Waals surface area (Å²) in [6.45, 7) is 4.27. The minimum absolute atomic E-state index is 0.217. The van der Waals surface area contributed by atoms with Crippen LogP contribution in [0.25, 0.3) is 0 Å². The summed E-state index contributed by atoms with van der Waals surface area (Å²) in [5.41, 5.74) is 5.55. The van der Waals surface area contributed by atoms with Gasteiger partial charge in [-0.1, -0.05) is 12.1 Å². The van der Waals surface area contributed by atoms with Crippen LogP contribution in [0.4, 0.5) is 0 Å². The molecule has 94 valence electrons. The summed E-state index contributed by atoms with van der Waals surface area (Å²) >= 11 is 3.25. The van der Waals surface area contributed by atoms with Gasteiger partial charge in [0, 0.05) is 24.1 Å². The number of phenols is 1. The number of carbonyl (C=O) groups excluding carboxylic acids is 1. The minimum atomic E-state index is -0.388. The zero-order valence-corrected chi connectivity index (χ0v) is 11.5. The number of phenolic OH excluding ortho intramolecular Hbond substituents is 1. The first kappa shape index (κ1) is 14.0. The molecule has 0 saturated carbocycles. The van der Waals surface area contributed by atoms with Gasteiger partial charge in [-0.15, -0.1) is 0 Å².